The average Bonchev–Trinajstić information content (AvgIpc) is 2.56. The van der Waals surface area contributed by atoms with Gasteiger partial charge in [0.2, 0.25) is 0 Å². The standard InChI is InChI=1S/C22H25FO/c1-15-7-10-21(23)19(12-15)17-9-8-16(14-24)13-18(17)20-6-4-5-11-22(20,2)3/h6-10,12-13,24H,4-5,11,14H2,1-3H3. The highest BCUT2D eigenvalue weighted by molar-refractivity contribution is 5.84. The molecule has 1 aliphatic carbocycles. The second kappa shape index (κ2) is 6.52. The second-order valence-corrected chi connectivity index (χ2v) is 7.42. The molecule has 1 nitrogen and oxygen atoms in total. The van der Waals surface area contributed by atoms with Crippen LogP contribution in [0.2, 0.25) is 0 Å². The molecule has 3 rings (SSSR count). The predicted octanol–water partition coefficient (Wildman–Crippen LogP) is 5.89. The minimum Gasteiger partial charge on any atom is -0.392 e. The molecule has 0 saturated carbocycles. The maximum Gasteiger partial charge on any atom is 0.131 e. The SMILES string of the molecule is Cc1ccc(F)c(-c2ccc(CO)cc2C2=CCCCC2(C)C)c1. The fraction of sp³-hybridized carbons (Fsp3) is 0.364. The summed E-state index contributed by atoms with van der Waals surface area (Å²) in [4.78, 5) is 0. The number of aliphatic hydroxyl groups excluding tert-OH is 1. The van der Waals surface area contributed by atoms with E-state index in [0.29, 0.717) is 5.56 Å². The van der Waals surface area contributed by atoms with Gasteiger partial charge in [0.1, 0.15) is 5.82 Å². The first-order valence-electron chi connectivity index (χ1n) is 8.64. The monoisotopic (exact) mass is 324 g/mol. The van der Waals surface area contributed by atoms with Gasteiger partial charge in [0.25, 0.3) is 0 Å². The van der Waals surface area contributed by atoms with Crippen molar-refractivity contribution < 1.29 is 9.50 Å². The quantitative estimate of drug-likeness (QED) is 0.746. The molecule has 0 spiro atoms. The topological polar surface area (TPSA) is 20.2 Å². The summed E-state index contributed by atoms with van der Waals surface area (Å²) in [5, 5.41) is 9.56. The van der Waals surface area contributed by atoms with Crippen LogP contribution in [0.25, 0.3) is 16.7 Å². The van der Waals surface area contributed by atoms with Crippen LogP contribution in [0, 0.1) is 18.2 Å². The van der Waals surface area contributed by atoms with Crippen LogP contribution in [0.5, 0.6) is 0 Å². The van der Waals surface area contributed by atoms with Gasteiger partial charge in [0, 0.05) is 5.56 Å². The highest BCUT2D eigenvalue weighted by Crippen LogP contribution is 2.46. The number of allylic oxidation sites excluding steroid dienone is 2. The van der Waals surface area contributed by atoms with E-state index < -0.39 is 0 Å². The van der Waals surface area contributed by atoms with Gasteiger partial charge < -0.3 is 5.11 Å². The molecule has 2 heteroatoms. The van der Waals surface area contributed by atoms with Crippen LogP contribution in [-0.4, -0.2) is 5.11 Å². The third kappa shape index (κ3) is 3.16. The lowest BCUT2D eigenvalue weighted by Gasteiger charge is -2.33. The van der Waals surface area contributed by atoms with E-state index >= 15 is 0 Å². The van der Waals surface area contributed by atoms with Gasteiger partial charge in [-0.05, 0) is 72.1 Å². The molecule has 1 N–H and O–H groups in total. The number of aliphatic hydroxyl groups is 1. The highest BCUT2D eigenvalue weighted by atomic mass is 19.1. The number of hydrogen-bond donors (Lipinski definition) is 1. The third-order valence-corrected chi connectivity index (χ3v) is 5.05. The molecular formula is C22H25FO. The Bertz CT molecular complexity index is 787. The van der Waals surface area contributed by atoms with Crippen molar-refractivity contribution in [2.24, 2.45) is 5.41 Å². The van der Waals surface area contributed by atoms with Gasteiger partial charge in [-0.1, -0.05) is 43.7 Å². The number of hydrogen-bond acceptors (Lipinski definition) is 1. The van der Waals surface area contributed by atoms with Gasteiger partial charge in [-0.25, -0.2) is 4.39 Å². The van der Waals surface area contributed by atoms with Gasteiger partial charge in [-0.3, -0.25) is 0 Å². The molecule has 0 unspecified atom stereocenters. The van der Waals surface area contributed by atoms with Crippen LogP contribution in [0.3, 0.4) is 0 Å². The summed E-state index contributed by atoms with van der Waals surface area (Å²) in [6, 6.07) is 11.1. The largest absolute Gasteiger partial charge is 0.392 e. The first-order valence-corrected chi connectivity index (χ1v) is 8.64. The molecule has 0 atom stereocenters. The Kier molecular flexibility index (Phi) is 4.60. The number of benzene rings is 2. The Morgan fingerprint density at radius 2 is 1.83 bits per heavy atom. The Morgan fingerprint density at radius 3 is 2.54 bits per heavy atom. The lowest BCUT2D eigenvalue weighted by Crippen LogP contribution is -2.17. The molecule has 0 radical (unpaired) electrons. The van der Waals surface area contributed by atoms with E-state index in [9.17, 15) is 9.50 Å². The normalized spacial score (nSPS) is 16.8. The summed E-state index contributed by atoms with van der Waals surface area (Å²) in [7, 11) is 0. The molecule has 0 fully saturated rings. The average molecular weight is 324 g/mol. The second-order valence-electron chi connectivity index (χ2n) is 7.42. The Labute approximate surface area is 143 Å². The van der Waals surface area contributed by atoms with Crippen molar-refractivity contribution in [3.63, 3.8) is 0 Å². The summed E-state index contributed by atoms with van der Waals surface area (Å²) >= 11 is 0. The minimum absolute atomic E-state index is 0.00269. The smallest absolute Gasteiger partial charge is 0.131 e. The minimum atomic E-state index is -0.201. The van der Waals surface area contributed by atoms with Crippen LogP contribution in [0.1, 0.15) is 49.8 Å². The van der Waals surface area contributed by atoms with E-state index in [1.807, 2.05) is 31.2 Å². The van der Waals surface area contributed by atoms with E-state index in [1.165, 1.54) is 18.1 Å². The van der Waals surface area contributed by atoms with Crippen molar-refractivity contribution in [2.45, 2.75) is 46.6 Å². The van der Waals surface area contributed by atoms with E-state index in [4.69, 9.17) is 0 Å². The van der Waals surface area contributed by atoms with Crippen molar-refractivity contribution >= 4 is 5.57 Å². The van der Waals surface area contributed by atoms with Gasteiger partial charge in [0.15, 0.2) is 0 Å². The van der Waals surface area contributed by atoms with Gasteiger partial charge >= 0.3 is 0 Å². The molecule has 1 aliphatic rings. The van der Waals surface area contributed by atoms with E-state index in [0.717, 1.165) is 35.1 Å². The first kappa shape index (κ1) is 16.9. The molecular weight excluding hydrogens is 299 g/mol. The molecule has 0 heterocycles. The summed E-state index contributed by atoms with van der Waals surface area (Å²) < 4.78 is 14.5. The lowest BCUT2D eigenvalue weighted by molar-refractivity contribution is 0.282. The van der Waals surface area contributed by atoms with E-state index in [2.05, 4.69) is 19.9 Å². The highest BCUT2D eigenvalue weighted by Gasteiger charge is 2.28. The van der Waals surface area contributed by atoms with Crippen LogP contribution in [0.4, 0.5) is 4.39 Å². The molecule has 2 aromatic carbocycles. The van der Waals surface area contributed by atoms with E-state index in [-0.39, 0.29) is 17.8 Å². The van der Waals surface area contributed by atoms with Crippen molar-refractivity contribution in [3.8, 4) is 11.1 Å². The zero-order valence-corrected chi connectivity index (χ0v) is 14.7. The molecule has 0 bridgehead atoms. The van der Waals surface area contributed by atoms with Gasteiger partial charge in [0.05, 0.1) is 6.61 Å². The van der Waals surface area contributed by atoms with Crippen molar-refractivity contribution in [3.05, 3.63) is 65.0 Å². The van der Waals surface area contributed by atoms with Crippen molar-refractivity contribution in [2.75, 3.05) is 0 Å². The van der Waals surface area contributed by atoms with Crippen LogP contribution < -0.4 is 0 Å². The molecule has 0 aromatic heterocycles. The Balaban J connectivity index is 2.24. The molecule has 0 aliphatic heterocycles. The lowest BCUT2D eigenvalue weighted by atomic mass is 9.71. The fourth-order valence-electron chi connectivity index (χ4n) is 3.67. The summed E-state index contributed by atoms with van der Waals surface area (Å²) in [5.74, 6) is -0.201. The van der Waals surface area contributed by atoms with Crippen molar-refractivity contribution in [1.29, 1.82) is 0 Å². The first-order chi connectivity index (χ1) is 11.4. The molecule has 24 heavy (non-hydrogen) atoms. The van der Waals surface area contributed by atoms with Crippen LogP contribution >= 0.6 is 0 Å². The van der Waals surface area contributed by atoms with Gasteiger partial charge in [-0.15, -0.1) is 0 Å². The van der Waals surface area contributed by atoms with E-state index in [1.54, 1.807) is 6.07 Å². The molecule has 0 saturated heterocycles. The van der Waals surface area contributed by atoms with Gasteiger partial charge in [-0.2, -0.15) is 0 Å². The van der Waals surface area contributed by atoms with Crippen molar-refractivity contribution in [1.82, 2.24) is 0 Å². The fourth-order valence-corrected chi connectivity index (χ4v) is 3.67. The Morgan fingerprint density at radius 1 is 1.04 bits per heavy atom. The summed E-state index contributed by atoms with van der Waals surface area (Å²) in [6.45, 7) is 6.48. The summed E-state index contributed by atoms with van der Waals surface area (Å²) in [5.41, 5.74) is 5.83. The molecule has 2 aromatic rings. The maximum atomic E-state index is 14.5. The summed E-state index contributed by atoms with van der Waals surface area (Å²) in [6.07, 6.45) is 5.65. The third-order valence-electron chi connectivity index (χ3n) is 5.05. The zero-order valence-electron chi connectivity index (χ0n) is 14.7. The maximum absolute atomic E-state index is 14.5. The number of halogens is 1. The number of aryl methyl sites for hydroxylation is 1. The van der Waals surface area contributed by atoms with Crippen LogP contribution in [-0.2, 0) is 6.61 Å². The number of rotatable bonds is 3. The molecule has 0 amide bonds. The Hall–Kier alpha value is -1.93. The molecule has 126 valence electrons. The zero-order chi connectivity index (χ0) is 17.3. The van der Waals surface area contributed by atoms with Crippen LogP contribution in [0.15, 0.2) is 42.5 Å². The predicted molar refractivity (Wildman–Crippen MR) is 98.1 cm³/mol.